The van der Waals surface area contributed by atoms with Crippen LogP contribution in [0.25, 0.3) is 0 Å². The minimum Gasteiger partial charge on any atom is -0.482 e. The summed E-state index contributed by atoms with van der Waals surface area (Å²) in [6.07, 6.45) is 1.80. The first-order valence-corrected chi connectivity index (χ1v) is 8.92. The largest absolute Gasteiger partial charge is 0.482 e. The van der Waals surface area contributed by atoms with Gasteiger partial charge in [0.1, 0.15) is 5.75 Å². The Kier molecular flexibility index (Phi) is 5.49. The fourth-order valence-corrected chi connectivity index (χ4v) is 3.66. The van der Waals surface area contributed by atoms with Gasteiger partial charge in [0.25, 0.3) is 5.91 Å². The van der Waals surface area contributed by atoms with E-state index in [0.717, 1.165) is 0 Å². The van der Waals surface area contributed by atoms with Gasteiger partial charge >= 0.3 is 0 Å². The first kappa shape index (κ1) is 18.0. The molecule has 2 fully saturated rings. The van der Waals surface area contributed by atoms with Gasteiger partial charge in [-0.1, -0.05) is 23.2 Å². The summed E-state index contributed by atoms with van der Waals surface area (Å²) in [5.74, 6) is 0.0529. The number of ether oxygens (including phenoxy) is 1. The summed E-state index contributed by atoms with van der Waals surface area (Å²) >= 11 is 11.8. The molecule has 25 heavy (non-hydrogen) atoms. The first-order chi connectivity index (χ1) is 12.0. The molecule has 0 bridgehead atoms. The van der Waals surface area contributed by atoms with Crippen LogP contribution >= 0.6 is 23.2 Å². The quantitative estimate of drug-likeness (QED) is 0.747. The van der Waals surface area contributed by atoms with Gasteiger partial charge in [0.05, 0.1) is 5.02 Å². The van der Waals surface area contributed by atoms with E-state index in [2.05, 4.69) is 0 Å². The molecule has 3 amide bonds. The number of nitrogens with zero attached hydrogens (tertiary/aromatic N) is 2. The summed E-state index contributed by atoms with van der Waals surface area (Å²) < 4.78 is 5.47. The van der Waals surface area contributed by atoms with Crippen molar-refractivity contribution in [1.82, 2.24) is 9.80 Å². The zero-order valence-corrected chi connectivity index (χ0v) is 15.1. The van der Waals surface area contributed by atoms with Crippen LogP contribution in [0.3, 0.4) is 0 Å². The number of piperidine rings is 1. The molecule has 2 saturated heterocycles. The molecular formula is C17H18Cl2N2O4. The fourth-order valence-electron chi connectivity index (χ4n) is 3.20. The number of carbonyl (C=O) groups excluding carboxylic acids is 3. The Labute approximate surface area is 155 Å². The third kappa shape index (κ3) is 4.07. The maximum atomic E-state index is 12.3. The summed E-state index contributed by atoms with van der Waals surface area (Å²) in [6.45, 7) is 0.879. The van der Waals surface area contributed by atoms with E-state index < -0.39 is 0 Å². The van der Waals surface area contributed by atoms with Crippen molar-refractivity contribution in [1.29, 1.82) is 0 Å². The number of carbonyl (C=O) groups is 3. The number of amides is 3. The highest BCUT2D eigenvalue weighted by Gasteiger charge is 2.37. The van der Waals surface area contributed by atoms with E-state index >= 15 is 0 Å². The van der Waals surface area contributed by atoms with Crippen molar-refractivity contribution in [2.24, 2.45) is 0 Å². The molecule has 1 aromatic rings. The van der Waals surface area contributed by atoms with Crippen molar-refractivity contribution in [2.75, 3.05) is 19.7 Å². The molecule has 0 atom stereocenters. The van der Waals surface area contributed by atoms with Crippen LogP contribution in [0.15, 0.2) is 18.2 Å². The van der Waals surface area contributed by atoms with E-state index in [1.54, 1.807) is 23.1 Å². The van der Waals surface area contributed by atoms with E-state index in [9.17, 15) is 14.4 Å². The molecule has 0 unspecified atom stereocenters. The lowest BCUT2D eigenvalue weighted by Gasteiger charge is -2.35. The normalized spacial score (nSPS) is 18.8. The molecule has 0 aromatic heterocycles. The Morgan fingerprint density at radius 2 is 1.76 bits per heavy atom. The van der Waals surface area contributed by atoms with Crippen LogP contribution in [-0.2, 0) is 14.4 Å². The van der Waals surface area contributed by atoms with Gasteiger partial charge in [0, 0.05) is 37.0 Å². The Bertz CT molecular complexity index is 686. The van der Waals surface area contributed by atoms with Gasteiger partial charge < -0.3 is 9.64 Å². The molecule has 8 heteroatoms. The minimum absolute atomic E-state index is 0.0989. The van der Waals surface area contributed by atoms with Crippen molar-refractivity contribution in [3.05, 3.63) is 28.2 Å². The second-order valence-corrected chi connectivity index (χ2v) is 6.98. The fraction of sp³-hybridized carbons (Fsp3) is 0.471. The highest BCUT2D eigenvalue weighted by molar-refractivity contribution is 6.35. The van der Waals surface area contributed by atoms with Crippen LogP contribution in [0.1, 0.15) is 25.7 Å². The molecule has 0 N–H and O–H groups in total. The summed E-state index contributed by atoms with van der Waals surface area (Å²) in [6, 6.07) is 4.72. The number of likely N-dealkylation sites (tertiary alicyclic amines) is 2. The maximum absolute atomic E-state index is 12.3. The van der Waals surface area contributed by atoms with Crippen molar-refractivity contribution in [2.45, 2.75) is 31.7 Å². The van der Waals surface area contributed by atoms with E-state index in [4.69, 9.17) is 27.9 Å². The van der Waals surface area contributed by atoms with Crippen molar-refractivity contribution >= 4 is 40.9 Å². The zero-order chi connectivity index (χ0) is 18.0. The molecule has 0 saturated carbocycles. The Hall–Kier alpha value is -1.79. The average molecular weight is 385 g/mol. The number of hydrogen-bond acceptors (Lipinski definition) is 4. The lowest BCUT2D eigenvalue weighted by atomic mass is 10.0. The monoisotopic (exact) mass is 384 g/mol. The van der Waals surface area contributed by atoms with Gasteiger partial charge in [-0.25, -0.2) is 0 Å². The Morgan fingerprint density at radius 3 is 2.36 bits per heavy atom. The van der Waals surface area contributed by atoms with E-state index in [-0.39, 0.29) is 30.4 Å². The first-order valence-electron chi connectivity index (χ1n) is 8.16. The third-order valence-electron chi connectivity index (χ3n) is 4.52. The second kappa shape index (κ2) is 7.62. The molecule has 0 aliphatic carbocycles. The van der Waals surface area contributed by atoms with Crippen LogP contribution < -0.4 is 4.74 Å². The molecule has 2 aliphatic rings. The zero-order valence-electron chi connectivity index (χ0n) is 13.5. The molecule has 0 radical (unpaired) electrons. The number of benzene rings is 1. The van der Waals surface area contributed by atoms with Crippen LogP contribution in [0.4, 0.5) is 0 Å². The third-order valence-corrected chi connectivity index (χ3v) is 5.05. The van der Waals surface area contributed by atoms with Gasteiger partial charge in [-0.2, -0.15) is 0 Å². The maximum Gasteiger partial charge on any atom is 0.260 e. The van der Waals surface area contributed by atoms with E-state index in [1.807, 2.05) is 0 Å². The standard InChI is InChI=1S/C17H18Cl2N2O4/c18-11-1-2-14(13(19)9-11)25-10-17(24)20-7-5-12(6-8-20)21-15(22)3-4-16(21)23/h1-2,9,12H,3-8,10H2. The number of rotatable bonds is 4. The van der Waals surface area contributed by atoms with Gasteiger partial charge in [0.2, 0.25) is 11.8 Å². The van der Waals surface area contributed by atoms with Crippen molar-refractivity contribution in [3.63, 3.8) is 0 Å². The van der Waals surface area contributed by atoms with E-state index in [0.29, 0.717) is 54.6 Å². The Morgan fingerprint density at radius 1 is 1.12 bits per heavy atom. The van der Waals surface area contributed by atoms with Crippen LogP contribution in [0.2, 0.25) is 10.0 Å². The van der Waals surface area contributed by atoms with Crippen molar-refractivity contribution < 1.29 is 19.1 Å². The van der Waals surface area contributed by atoms with Crippen LogP contribution in [0.5, 0.6) is 5.75 Å². The highest BCUT2D eigenvalue weighted by Crippen LogP contribution is 2.28. The number of imide groups is 1. The minimum atomic E-state index is -0.149. The van der Waals surface area contributed by atoms with Crippen LogP contribution in [-0.4, -0.2) is 53.3 Å². The number of halogens is 2. The SMILES string of the molecule is O=C(COc1ccc(Cl)cc1Cl)N1CCC(N2C(=O)CCC2=O)CC1. The summed E-state index contributed by atoms with van der Waals surface area (Å²) in [4.78, 5) is 39.0. The predicted octanol–water partition coefficient (Wildman–Crippen LogP) is 2.51. The van der Waals surface area contributed by atoms with Gasteiger partial charge in [-0.15, -0.1) is 0 Å². The molecule has 2 aliphatic heterocycles. The molecular weight excluding hydrogens is 367 g/mol. The molecule has 1 aromatic carbocycles. The molecule has 2 heterocycles. The van der Waals surface area contributed by atoms with E-state index in [1.165, 1.54) is 4.90 Å². The lowest BCUT2D eigenvalue weighted by molar-refractivity contribution is -0.143. The lowest BCUT2D eigenvalue weighted by Crippen LogP contribution is -2.49. The van der Waals surface area contributed by atoms with Gasteiger partial charge in [0.15, 0.2) is 6.61 Å². The molecule has 6 nitrogen and oxygen atoms in total. The summed E-state index contributed by atoms with van der Waals surface area (Å²) in [5, 5.41) is 0.849. The smallest absolute Gasteiger partial charge is 0.260 e. The second-order valence-electron chi connectivity index (χ2n) is 6.13. The van der Waals surface area contributed by atoms with Gasteiger partial charge in [-0.3, -0.25) is 19.3 Å². The summed E-state index contributed by atoms with van der Waals surface area (Å²) in [5.41, 5.74) is 0. The number of hydrogen-bond donors (Lipinski definition) is 0. The average Bonchev–Trinajstić information content (AvgIpc) is 2.92. The van der Waals surface area contributed by atoms with Crippen LogP contribution in [0, 0.1) is 0 Å². The topological polar surface area (TPSA) is 66.9 Å². The predicted molar refractivity (Wildman–Crippen MR) is 92.6 cm³/mol. The molecule has 0 spiro atoms. The van der Waals surface area contributed by atoms with Gasteiger partial charge in [-0.05, 0) is 31.0 Å². The Balaban J connectivity index is 1.50. The molecule has 3 rings (SSSR count). The van der Waals surface area contributed by atoms with Crippen molar-refractivity contribution in [3.8, 4) is 5.75 Å². The molecule has 134 valence electrons. The highest BCUT2D eigenvalue weighted by atomic mass is 35.5. The summed E-state index contributed by atoms with van der Waals surface area (Å²) in [7, 11) is 0.